The second-order valence-electron chi connectivity index (χ2n) is 8.42. The molecule has 2 unspecified atom stereocenters. The predicted octanol–water partition coefficient (Wildman–Crippen LogP) is 3.72. The zero-order chi connectivity index (χ0) is 23.4. The molecule has 1 heterocycles. The summed E-state index contributed by atoms with van der Waals surface area (Å²) in [6, 6.07) is 14.9. The molecule has 7 nitrogen and oxygen atoms in total. The molecule has 174 valence electrons. The summed E-state index contributed by atoms with van der Waals surface area (Å²) in [5.41, 5.74) is 4.41. The van der Waals surface area contributed by atoms with E-state index >= 15 is 0 Å². The number of nitrogens with zero attached hydrogens (tertiary/aromatic N) is 1. The average Bonchev–Trinajstić information content (AvgIpc) is 2.95. The Kier molecular flexibility index (Phi) is 7.23. The molecule has 1 aliphatic carbocycles. The molecule has 1 saturated heterocycles. The molecule has 2 atom stereocenters. The molecule has 1 aliphatic heterocycles. The Bertz CT molecular complexity index is 997. The number of rotatable bonds is 6. The first-order valence-electron chi connectivity index (χ1n) is 11.2. The van der Waals surface area contributed by atoms with Crippen molar-refractivity contribution in [2.24, 2.45) is 0 Å². The summed E-state index contributed by atoms with van der Waals surface area (Å²) in [6.07, 6.45) is -0.433. The van der Waals surface area contributed by atoms with Crippen LogP contribution in [0.2, 0.25) is 0 Å². The fourth-order valence-electron chi connectivity index (χ4n) is 4.49. The second kappa shape index (κ2) is 10.3. The van der Waals surface area contributed by atoms with E-state index < -0.39 is 24.5 Å². The standard InChI is InChI=1S/C25H28N2O5S/c1-16-10-11-27(12-13-33-16)24(30)22(14-23(28)29)26-25(31)32-15-21-19-8-4-2-6-17(19)18-7-3-5-9-20(18)21/h2-9,16,21-22H,10-15H2,1H3,(H,26,31)(H,28,29). The Balaban J connectivity index is 1.42. The van der Waals surface area contributed by atoms with Crippen LogP contribution in [0, 0.1) is 0 Å². The van der Waals surface area contributed by atoms with E-state index in [1.54, 1.807) is 16.7 Å². The number of amides is 2. The van der Waals surface area contributed by atoms with Gasteiger partial charge in [-0.15, -0.1) is 0 Å². The van der Waals surface area contributed by atoms with Crippen molar-refractivity contribution in [1.29, 1.82) is 0 Å². The quantitative estimate of drug-likeness (QED) is 0.671. The number of hydrogen-bond acceptors (Lipinski definition) is 5. The van der Waals surface area contributed by atoms with Gasteiger partial charge in [0.05, 0.1) is 6.42 Å². The van der Waals surface area contributed by atoms with Gasteiger partial charge < -0.3 is 20.1 Å². The number of ether oxygens (including phenoxy) is 1. The normalized spacial score (nSPS) is 18.6. The average molecular weight is 469 g/mol. The minimum Gasteiger partial charge on any atom is -0.481 e. The SMILES string of the molecule is CC1CCN(C(=O)C(CC(=O)O)NC(=O)OCC2c3ccccc3-c3ccccc32)CCS1. The number of carbonyl (C=O) groups is 3. The molecule has 2 aliphatic rings. The van der Waals surface area contributed by atoms with Gasteiger partial charge in [-0.2, -0.15) is 11.8 Å². The lowest BCUT2D eigenvalue weighted by Gasteiger charge is -2.26. The van der Waals surface area contributed by atoms with E-state index in [2.05, 4.69) is 24.4 Å². The maximum Gasteiger partial charge on any atom is 0.407 e. The maximum absolute atomic E-state index is 13.0. The molecule has 2 aromatic carbocycles. The highest BCUT2D eigenvalue weighted by Crippen LogP contribution is 2.44. The predicted molar refractivity (Wildman–Crippen MR) is 127 cm³/mol. The third kappa shape index (κ3) is 5.33. The van der Waals surface area contributed by atoms with E-state index in [0.29, 0.717) is 18.3 Å². The number of thioether (sulfide) groups is 1. The van der Waals surface area contributed by atoms with Crippen LogP contribution in [0.15, 0.2) is 48.5 Å². The number of carboxylic acid groups (broad SMARTS) is 1. The van der Waals surface area contributed by atoms with Gasteiger partial charge >= 0.3 is 12.1 Å². The largest absolute Gasteiger partial charge is 0.481 e. The Morgan fingerprint density at radius 2 is 1.73 bits per heavy atom. The summed E-state index contributed by atoms with van der Waals surface area (Å²) in [5, 5.41) is 12.2. The van der Waals surface area contributed by atoms with Crippen LogP contribution in [-0.4, -0.2) is 64.7 Å². The van der Waals surface area contributed by atoms with Gasteiger partial charge in [-0.05, 0) is 28.7 Å². The molecule has 0 aromatic heterocycles. The van der Waals surface area contributed by atoms with E-state index in [9.17, 15) is 19.5 Å². The Morgan fingerprint density at radius 1 is 1.09 bits per heavy atom. The molecule has 4 rings (SSSR count). The number of carbonyl (C=O) groups excluding carboxylic acids is 2. The van der Waals surface area contributed by atoms with Crippen LogP contribution in [0.1, 0.15) is 36.8 Å². The van der Waals surface area contributed by atoms with Crippen LogP contribution in [-0.2, 0) is 14.3 Å². The van der Waals surface area contributed by atoms with Crippen LogP contribution in [0.3, 0.4) is 0 Å². The Morgan fingerprint density at radius 3 is 2.36 bits per heavy atom. The molecule has 2 aromatic rings. The zero-order valence-electron chi connectivity index (χ0n) is 18.5. The van der Waals surface area contributed by atoms with Crippen LogP contribution < -0.4 is 5.32 Å². The smallest absolute Gasteiger partial charge is 0.407 e. The number of alkyl carbamates (subject to hydrolysis) is 1. The van der Waals surface area contributed by atoms with Crippen molar-refractivity contribution in [3.05, 3.63) is 59.7 Å². The lowest BCUT2D eigenvalue weighted by molar-refractivity contribution is -0.142. The van der Waals surface area contributed by atoms with Gasteiger partial charge in [-0.1, -0.05) is 55.5 Å². The molecular formula is C25H28N2O5S. The summed E-state index contributed by atoms with van der Waals surface area (Å²) in [5.74, 6) is -0.844. The van der Waals surface area contributed by atoms with Crippen molar-refractivity contribution >= 4 is 29.7 Å². The highest BCUT2D eigenvalue weighted by molar-refractivity contribution is 7.99. The van der Waals surface area contributed by atoms with E-state index in [1.165, 1.54) is 0 Å². The number of nitrogens with one attached hydrogen (secondary N) is 1. The van der Waals surface area contributed by atoms with E-state index in [1.807, 2.05) is 36.4 Å². The third-order valence-corrected chi connectivity index (χ3v) is 7.42. The van der Waals surface area contributed by atoms with Crippen molar-refractivity contribution in [3.8, 4) is 11.1 Å². The van der Waals surface area contributed by atoms with Crippen LogP contribution in [0.5, 0.6) is 0 Å². The molecule has 0 radical (unpaired) electrons. The van der Waals surface area contributed by atoms with E-state index in [0.717, 1.165) is 34.4 Å². The Hall–Kier alpha value is -3.00. The van der Waals surface area contributed by atoms with Gasteiger partial charge in [-0.25, -0.2) is 4.79 Å². The molecule has 0 bridgehead atoms. The molecule has 33 heavy (non-hydrogen) atoms. The topological polar surface area (TPSA) is 95.9 Å². The van der Waals surface area contributed by atoms with Crippen molar-refractivity contribution in [2.45, 2.75) is 37.0 Å². The molecule has 8 heteroatoms. The lowest BCUT2D eigenvalue weighted by Crippen LogP contribution is -2.50. The minimum absolute atomic E-state index is 0.103. The first-order valence-corrected chi connectivity index (χ1v) is 12.2. The number of fused-ring (bicyclic) bond motifs is 3. The van der Waals surface area contributed by atoms with Gasteiger partial charge in [0, 0.05) is 30.0 Å². The van der Waals surface area contributed by atoms with Gasteiger partial charge in [0.15, 0.2) is 0 Å². The van der Waals surface area contributed by atoms with Gasteiger partial charge in [0.1, 0.15) is 12.6 Å². The van der Waals surface area contributed by atoms with Crippen molar-refractivity contribution in [3.63, 3.8) is 0 Å². The summed E-state index contributed by atoms with van der Waals surface area (Å²) >= 11 is 1.79. The van der Waals surface area contributed by atoms with Gasteiger partial charge in [0.25, 0.3) is 0 Å². The fraction of sp³-hybridized carbons (Fsp3) is 0.400. The van der Waals surface area contributed by atoms with E-state index in [4.69, 9.17) is 4.74 Å². The van der Waals surface area contributed by atoms with E-state index in [-0.39, 0.29) is 18.4 Å². The first-order chi connectivity index (χ1) is 15.9. The van der Waals surface area contributed by atoms with Crippen molar-refractivity contribution in [2.75, 3.05) is 25.4 Å². The number of hydrogen-bond donors (Lipinski definition) is 2. The number of benzene rings is 2. The molecular weight excluding hydrogens is 440 g/mol. The number of aliphatic carboxylic acids is 1. The summed E-state index contributed by atoms with van der Waals surface area (Å²) < 4.78 is 5.51. The number of carboxylic acids is 1. The van der Waals surface area contributed by atoms with Crippen molar-refractivity contribution < 1.29 is 24.2 Å². The van der Waals surface area contributed by atoms with Crippen molar-refractivity contribution in [1.82, 2.24) is 10.2 Å². The van der Waals surface area contributed by atoms with Crippen LogP contribution >= 0.6 is 11.8 Å². The monoisotopic (exact) mass is 468 g/mol. The van der Waals surface area contributed by atoms with Gasteiger partial charge in [0.2, 0.25) is 5.91 Å². The second-order valence-corrected chi connectivity index (χ2v) is 9.96. The first kappa shape index (κ1) is 23.2. The minimum atomic E-state index is -1.16. The van der Waals surface area contributed by atoms with Gasteiger partial charge in [-0.3, -0.25) is 9.59 Å². The third-order valence-electron chi connectivity index (χ3n) is 6.19. The molecule has 2 N–H and O–H groups in total. The van der Waals surface area contributed by atoms with Crippen LogP contribution in [0.25, 0.3) is 11.1 Å². The summed E-state index contributed by atoms with van der Waals surface area (Å²) in [4.78, 5) is 38.6. The zero-order valence-corrected chi connectivity index (χ0v) is 19.3. The fourth-order valence-corrected chi connectivity index (χ4v) is 5.49. The summed E-state index contributed by atoms with van der Waals surface area (Å²) in [6.45, 7) is 3.31. The molecule has 2 amide bonds. The molecule has 1 fully saturated rings. The molecule has 0 saturated carbocycles. The molecule has 0 spiro atoms. The summed E-state index contributed by atoms with van der Waals surface area (Å²) in [7, 11) is 0. The Labute approximate surface area is 197 Å². The maximum atomic E-state index is 13.0. The lowest BCUT2D eigenvalue weighted by atomic mass is 9.98. The highest BCUT2D eigenvalue weighted by atomic mass is 32.2. The highest BCUT2D eigenvalue weighted by Gasteiger charge is 2.32. The van der Waals surface area contributed by atoms with Crippen LogP contribution in [0.4, 0.5) is 4.79 Å².